The average Bonchev–Trinajstić information content (AvgIpc) is 2.97. The van der Waals surface area contributed by atoms with Gasteiger partial charge in [-0.3, -0.25) is 19.3 Å². The van der Waals surface area contributed by atoms with Gasteiger partial charge in [-0.1, -0.05) is 50.1 Å². The predicted molar refractivity (Wildman–Crippen MR) is 120 cm³/mol. The van der Waals surface area contributed by atoms with E-state index in [1.165, 1.54) is 36.4 Å². The van der Waals surface area contributed by atoms with E-state index in [1.807, 2.05) is 0 Å². The van der Waals surface area contributed by atoms with Gasteiger partial charge < -0.3 is 5.32 Å². The van der Waals surface area contributed by atoms with E-state index in [0.717, 1.165) is 17.0 Å². The zero-order chi connectivity index (χ0) is 23.2. The van der Waals surface area contributed by atoms with Crippen molar-refractivity contribution < 1.29 is 27.6 Å². The van der Waals surface area contributed by atoms with Crippen LogP contribution in [-0.4, -0.2) is 27.4 Å². The molecule has 2 fully saturated rings. The number of anilines is 2. The number of nitrogens with one attached hydrogen (secondary N) is 1. The van der Waals surface area contributed by atoms with Gasteiger partial charge in [0, 0.05) is 15.2 Å². The minimum Gasteiger partial charge on any atom is -0.321 e. The van der Waals surface area contributed by atoms with Gasteiger partial charge in [0.25, 0.3) is 5.91 Å². The third-order valence-corrected chi connectivity index (χ3v) is 8.49. The molecule has 2 aromatic carbocycles. The van der Waals surface area contributed by atoms with Crippen molar-refractivity contribution in [3.63, 3.8) is 0 Å². The minimum absolute atomic E-state index is 0.0340. The maximum absolute atomic E-state index is 13.2. The van der Waals surface area contributed by atoms with Gasteiger partial charge in [0.15, 0.2) is 0 Å². The highest BCUT2D eigenvalue weighted by Gasteiger charge is 2.52. The molecule has 1 saturated heterocycles. The number of halogens is 5. The fourth-order valence-corrected chi connectivity index (χ4v) is 5.41. The number of para-hydroxylation sites is 1. The van der Waals surface area contributed by atoms with E-state index in [4.69, 9.17) is 0 Å². The zero-order valence-corrected chi connectivity index (χ0v) is 19.6. The fraction of sp³-hybridized carbons (Fsp3) is 0.318. The average molecular weight is 574 g/mol. The van der Waals surface area contributed by atoms with E-state index in [-0.39, 0.29) is 38.4 Å². The number of carbonyl (C=O) groups excluding carboxylic acids is 3. The molecular weight excluding hydrogens is 557 g/mol. The van der Waals surface area contributed by atoms with Gasteiger partial charge >= 0.3 is 6.18 Å². The molecule has 168 valence electrons. The molecule has 2 aromatic rings. The molecule has 3 amide bonds. The number of hydrogen-bond donors (Lipinski definition) is 1. The molecule has 0 aromatic heterocycles. The molecule has 4 rings (SSSR count). The van der Waals surface area contributed by atoms with Crippen LogP contribution in [0.25, 0.3) is 0 Å². The number of nitrogens with zero attached hydrogens (tertiary/aromatic N) is 1. The lowest BCUT2D eigenvalue weighted by Crippen LogP contribution is -2.34. The Labute approximate surface area is 198 Å². The van der Waals surface area contributed by atoms with Crippen molar-refractivity contribution in [2.45, 2.75) is 28.7 Å². The molecule has 1 N–H and O–H groups in total. The van der Waals surface area contributed by atoms with E-state index >= 15 is 0 Å². The molecule has 0 radical (unpaired) electrons. The van der Waals surface area contributed by atoms with Crippen LogP contribution in [0.1, 0.15) is 28.8 Å². The van der Waals surface area contributed by atoms with Crippen LogP contribution in [0.2, 0.25) is 0 Å². The van der Waals surface area contributed by atoms with E-state index in [1.54, 1.807) is 0 Å². The molecule has 0 unspecified atom stereocenters. The molecule has 32 heavy (non-hydrogen) atoms. The van der Waals surface area contributed by atoms with E-state index < -0.39 is 29.5 Å². The molecule has 2 aliphatic rings. The second kappa shape index (κ2) is 8.62. The Hall–Kier alpha value is -2.20. The van der Waals surface area contributed by atoms with E-state index in [2.05, 4.69) is 37.2 Å². The standard InChI is InChI=1S/C22H17Br2F3N2O3/c23-16-9-13-14(10-17(16)24)21(32)29(20(13)31)12-5-3-4-11(8-12)19(30)28-18-7-2-1-6-15(18)22(25,26)27/h1-8,13-14,16-17H,9-10H2,(H,28,30)/t13-,14-,16+,17+/m1/s1. The number of carbonyl (C=O) groups is 3. The number of hydrogen-bond acceptors (Lipinski definition) is 3. The van der Waals surface area contributed by atoms with Crippen LogP contribution in [0.15, 0.2) is 48.5 Å². The summed E-state index contributed by atoms with van der Waals surface area (Å²) in [6, 6.07) is 10.4. The van der Waals surface area contributed by atoms with Crippen molar-refractivity contribution in [1.29, 1.82) is 0 Å². The van der Waals surface area contributed by atoms with E-state index in [0.29, 0.717) is 12.8 Å². The smallest absolute Gasteiger partial charge is 0.321 e. The lowest BCUT2D eigenvalue weighted by molar-refractivity contribution is -0.137. The molecule has 0 spiro atoms. The molecule has 0 bridgehead atoms. The summed E-state index contributed by atoms with van der Waals surface area (Å²) in [5.41, 5.74) is -1.08. The molecule has 5 nitrogen and oxygen atoms in total. The van der Waals surface area contributed by atoms with Gasteiger partial charge in [-0.05, 0) is 43.2 Å². The highest BCUT2D eigenvalue weighted by atomic mass is 79.9. The third kappa shape index (κ3) is 4.22. The Morgan fingerprint density at radius 3 is 2.12 bits per heavy atom. The van der Waals surface area contributed by atoms with Crippen molar-refractivity contribution in [2.75, 3.05) is 10.2 Å². The molecule has 1 saturated carbocycles. The Kier molecular flexibility index (Phi) is 6.19. The number of benzene rings is 2. The maximum Gasteiger partial charge on any atom is 0.418 e. The van der Waals surface area contributed by atoms with Gasteiger partial charge in [-0.2, -0.15) is 13.2 Å². The van der Waals surface area contributed by atoms with Crippen molar-refractivity contribution in [2.24, 2.45) is 11.8 Å². The van der Waals surface area contributed by atoms with Crippen LogP contribution in [0, 0.1) is 11.8 Å². The van der Waals surface area contributed by atoms with Crippen LogP contribution >= 0.6 is 31.9 Å². The minimum atomic E-state index is -4.63. The Morgan fingerprint density at radius 1 is 0.938 bits per heavy atom. The van der Waals surface area contributed by atoms with Gasteiger partial charge in [-0.25, -0.2) is 0 Å². The van der Waals surface area contributed by atoms with Crippen molar-refractivity contribution in [1.82, 2.24) is 0 Å². The molecule has 10 heteroatoms. The first kappa shape index (κ1) is 23.0. The lowest BCUT2D eigenvalue weighted by atomic mass is 9.81. The topological polar surface area (TPSA) is 66.5 Å². The molecule has 4 atom stereocenters. The number of alkyl halides is 5. The number of imide groups is 1. The Balaban J connectivity index is 1.59. The third-order valence-electron chi connectivity index (χ3n) is 5.76. The van der Waals surface area contributed by atoms with Gasteiger partial charge in [0.05, 0.1) is 28.8 Å². The monoisotopic (exact) mass is 572 g/mol. The van der Waals surface area contributed by atoms with Crippen LogP contribution in [0.4, 0.5) is 24.5 Å². The second-order valence-corrected chi connectivity index (χ2v) is 10.1. The molecular formula is C22H17Br2F3N2O3. The number of rotatable bonds is 3. The summed E-state index contributed by atoms with van der Waals surface area (Å²) >= 11 is 7.07. The van der Waals surface area contributed by atoms with Gasteiger partial charge in [0.2, 0.25) is 11.8 Å². The number of fused-ring (bicyclic) bond motifs is 1. The first-order chi connectivity index (χ1) is 15.1. The zero-order valence-electron chi connectivity index (χ0n) is 16.4. The quantitative estimate of drug-likeness (QED) is 0.396. The van der Waals surface area contributed by atoms with E-state index in [9.17, 15) is 27.6 Å². The first-order valence-corrected chi connectivity index (χ1v) is 11.6. The molecule has 1 aliphatic heterocycles. The SMILES string of the molecule is O=C(Nc1ccccc1C(F)(F)F)c1cccc(N2C(=O)[C@@H]3C[C@H](Br)[C@@H](Br)C[C@H]3C2=O)c1. The second-order valence-electron chi connectivity index (χ2n) is 7.78. The summed E-state index contributed by atoms with van der Waals surface area (Å²) in [5, 5.41) is 2.28. The van der Waals surface area contributed by atoms with Crippen LogP contribution < -0.4 is 10.2 Å². The summed E-state index contributed by atoms with van der Waals surface area (Å²) in [6.07, 6.45) is -3.61. The summed E-state index contributed by atoms with van der Waals surface area (Å²) in [4.78, 5) is 39.8. The largest absolute Gasteiger partial charge is 0.418 e. The van der Waals surface area contributed by atoms with Gasteiger partial charge in [0.1, 0.15) is 0 Å². The lowest BCUT2D eigenvalue weighted by Gasteiger charge is -2.29. The normalized spacial score (nSPS) is 25.6. The van der Waals surface area contributed by atoms with Gasteiger partial charge in [-0.15, -0.1) is 0 Å². The van der Waals surface area contributed by atoms with Crippen molar-refractivity contribution in [3.8, 4) is 0 Å². The maximum atomic E-state index is 13.2. The highest BCUT2D eigenvalue weighted by molar-refractivity contribution is 9.12. The molecule has 1 aliphatic carbocycles. The van der Waals surface area contributed by atoms with Crippen LogP contribution in [-0.2, 0) is 15.8 Å². The predicted octanol–water partition coefficient (Wildman–Crippen LogP) is 5.38. The Morgan fingerprint density at radius 2 is 1.53 bits per heavy atom. The van der Waals surface area contributed by atoms with Crippen LogP contribution in [0.5, 0.6) is 0 Å². The molecule has 1 heterocycles. The summed E-state index contributed by atoms with van der Waals surface area (Å²) < 4.78 is 39.7. The highest BCUT2D eigenvalue weighted by Crippen LogP contribution is 2.44. The van der Waals surface area contributed by atoms with Crippen molar-refractivity contribution in [3.05, 3.63) is 59.7 Å². The number of amides is 3. The summed E-state index contributed by atoms with van der Waals surface area (Å²) in [5.74, 6) is -2.33. The fourth-order valence-electron chi connectivity index (χ4n) is 4.17. The van der Waals surface area contributed by atoms with Crippen LogP contribution in [0.3, 0.4) is 0 Å². The first-order valence-electron chi connectivity index (χ1n) is 9.81. The summed E-state index contributed by atoms with van der Waals surface area (Å²) in [6.45, 7) is 0. The van der Waals surface area contributed by atoms with Crippen molar-refractivity contribution >= 4 is 61.0 Å². The summed E-state index contributed by atoms with van der Waals surface area (Å²) in [7, 11) is 0. The Bertz CT molecular complexity index is 1060.